The Morgan fingerprint density at radius 1 is 1.09 bits per heavy atom. The van der Waals surface area contributed by atoms with Gasteiger partial charge in [0.1, 0.15) is 0 Å². The first-order chi connectivity index (χ1) is 10.8. The van der Waals surface area contributed by atoms with Crippen molar-refractivity contribution in [2.45, 2.75) is 12.8 Å². The molecular weight excluding hydrogens is 294 g/mol. The predicted molar refractivity (Wildman–Crippen MR) is 90.7 cm³/mol. The van der Waals surface area contributed by atoms with Crippen LogP contribution in [0.3, 0.4) is 0 Å². The van der Waals surface area contributed by atoms with Gasteiger partial charge in [-0.1, -0.05) is 29.8 Å². The van der Waals surface area contributed by atoms with Crippen molar-refractivity contribution in [2.24, 2.45) is 0 Å². The summed E-state index contributed by atoms with van der Waals surface area (Å²) >= 11 is 6.08. The number of rotatable bonds is 2. The van der Waals surface area contributed by atoms with Crippen LogP contribution in [-0.4, -0.2) is 15.2 Å². The quantitative estimate of drug-likeness (QED) is 0.723. The van der Waals surface area contributed by atoms with Gasteiger partial charge in [0.15, 0.2) is 0 Å². The maximum Gasteiger partial charge on any atom is 0.0725 e. The van der Waals surface area contributed by atoms with Crippen molar-refractivity contribution in [1.29, 1.82) is 0 Å². The van der Waals surface area contributed by atoms with Gasteiger partial charge in [0.05, 0.1) is 17.4 Å². The monoisotopic (exact) mass is 307 g/mol. The van der Waals surface area contributed by atoms with Gasteiger partial charge in [-0.25, -0.2) is 0 Å². The molecule has 2 aromatic heterocycles. The fourth-order valence-electron chi connectivity index (χ4n) is 2.77. The molecule has 1 N–H and O–H groups in total. The van der Waals surface area contributed by atoms with Crippen LogP contribution in [0.15, 0.2) is 54.9 Å². The smallest absolute Gasteiger partial charge is 0.0725 e. The van der Waals surface area contributed by atoms with Crippen molar-refractivity contribution in [2.75, 3.05) is 0 Å². The van der Waals surface area contributed by atoms with E-state index in [-0.39, 0.29) is 0 Å². The Labute approximate surface area is 133 Å². The first kappa shape index (κ1) is 13.3. The summed E-state index contributed by atoms with van der Waals surface area (Å²) in [7, 11) is 0. The Morgan fingerprint density at radius 3 is 2.91 bits per heavy atom. The minimum atomic E-state index is 0.719. The number of aromatic nitrogens is 3. The number of allylic oxidation sites excluding steroid dienone is 4. The van der Waals surface area contributed by atoms with Crippen LogP contribution in [0.1, 0.15) is 18.5 Å². The molecule has 0 atom stereocenters. The van der Waals surface area contributed by atoms with Crippen molar-refractivity contribution < 1.29 is 0 Å². The number of hydrogen-bond acceptors (Lipinski definition) is 2. The van der Waals surface area contributed by atoms with Gasteiger partial charge in [-0.15, -0.1) is 0 Å². The standard InChI is InChI=1S/C18H14ClN3/c19-15-6-7-17-13(9-15)8-14(10-20-17)16-11-21-22-18(16)12-4-2-1-3-5-12/h2,4-11H,1,3H2,(H,21,22). The summed E-state index contributed by atoms with van der Waals surface area (Å²) in [5.74, 6) is 0. The molecule has 3 aromatic rings. The van der Waals surface area contributed by atoms with Gasteiger partial charge in [0, 0.05) is 27.7 Å². The molecule has 22 heavy (non-hydrogen) atoms. The number of fused-ring (bicyclic) bond motifs is 1. The highest BCUT2D eigenvalue weighted by Crippen LogP contribution is 2.31. The highest BCUT2D eigenvalue weighted by atomic mass is 35.5. The summed E-state index contributed by atoms with van der Waals surface area (Å²) < 4.78 is 0. The number of nitrogens with zero attached hydrogens (tertiary/aromatic N) is 2. The number of nitrogens with one attached hydrogen (secondary N) is 1. The first-order valence-corrected chi connectivity index (χ1v) is 7.65. The van der Waals surface area contributed by atoms with Crippen molar-refractivity contribution in [3.8, 4) is 11.1 Å². The van der Waals surface area contributed by atoms with Crippen molar-refractivity contribution in [1.82, 2.24) is 15.2 Å². The molecule has 0 fully saturated rings. The summed E-state index contributed by atoms with van der Waals surface area (Å²) in [6.45, 7) is 0. The lowest BCUT2D eigenvalue weighted by Crippen LogP contribution is -1.90. The molecule has 0 bridgehead atoms. The molecule has 0 saturated heterocycles. The van der Waals surface area contributed by atoms with E-state index in [1.54, 1.807) is 0 Å². The molecule has 1 aliphatic carbocycles. The van der Waals surface area contributed by atoms with Crippen LogP contribution >= 0.6 is 11.6 Å². The fraction of sp³-hybridized carbons (Fsp3) is 0.111. The fourth-order valence-corrected chi connectivity index (χ4v) is 2.95. The van der Waals surface area contributed by atoms with E-state index >= 15 is 0 Å². The summed E-state index contributed by atoms with van der Waals surface area (Å²) in [5.41, 5.74) is 5.27. The average molecular weight is 308 g/mol. The molecule has 0 aliphatic heterocycles. The Kier molecular flexibility index (Phi) is 3.28. The van der Waals surface area contributed by atoms with Gasteiger partial charge >= 0.3 is 0 Å². The van der Waals surface area contributed by atoms with Crippen LogP contribution in [0.2, 0.25) is 5.02 Å². The lowest BCUT2D eigenvalue weighted by Gasteiger charge is -2.08. The van der Waals surface area contributed by atoms with Crippen molar-refractivity contribution in [3.05, 3.63) is 65.6 Å². The highest BCUT2D eigenvalue weighted by Gasteiger charge is 2.12. The second-order valence-corrected chi connectivity index (χ2v) is 5.80. The second kappa shape index (κ2) is 5.43. The third kappa shape index (κ3) is 2.34. The molecule has 0 unspecified atom stereocenters. The lowest BCUT2D eigenvalue weighted by atomic mass is 9.98. The molecule has 0 radical (unpaired) electrons. The van der Waals surface area contributed by atoms with E-state index in [1.165, 1.54) is 5.57 Å². The van der Waals surface area contributed by atoms with E-state index in [0.29, 0.717) is 0 Å². The molecular formula is C18H14ClN3. The maximum atomic E-state index is 6.08. The van der Waals surface area contributed by atoms with Crippen molar-refractivity contribution >= 4 is 28.1 Å². The van der Waals surface area contributed by atoms with Crippen LogP contribution in [-0.2, 0) is 0 Å². The van der Waals surface area contributed by atoms with Gasteiger partial charge < -0.3 is 0 Å². The SMILES string of the molecule is Clc1ccc2ncc(-c3cn[nH]c3C3=CCCC=C3)cc2c1. The van der Waals surface area contributed by atoms with Gasteiger partial charge in [-0.2, -0.15) is 5.10 Å². The van der Waals surface area contributed by atoms with E-state index in [2.05, 4.69) is 39.5 Å². The summed E-state index contributed by atoms with van der Waals surface area (Å²) in [6, 6.07) is 7.84. The molecule has 4 heteroatoms. The van der Waals surface area contributed by atoms with Gasteiger partial charge in [-0.3, -0.25) is 10.1 Å². The molecule has 0 amide bonds. The Bertz CT molecular complexity index is 906. The normalized spacial score (nSPS) is 14.3. The highest BCUT2D eigenvalue weighted by molar-refractivity contribution is 6.31. The number of hydrogen-bond donors (Lipinski definition) is 1. The van der Waals surface area contributed by atoms with E-state index in [4.69, 9.17) is 11.6 Å². The number of halogens is 1. The maximum absolute atomic E-state index is 6.08. The molecule has 4 rings (SSSR count). The predicted octanol–water partition coefficient (Wildman–Crippen LogP) is 5.01. The van der Waals surface area contributed by atoms with E-state index < -0.39 is 0 Å². The van der Waals surface area contributed by atoms with Crippen LogP contribution in [0.5, 0.6) is 0 Å². The second-order valence-electron chi connectivity index (χ2n) is 5.36. The zero-order valence-corrected chi connectivity index (χ0v) is 12.6. The molecule has 1 aromatic carbocycles. The number of pyridine rings is 1. The van der Waals surface area contributed by atoms with Gasteiger partial charge in [0.2, 0.25) is 0 Å². The summed E-state index contributed by atoms with van der Waals surface area (Å²) in [4.78, 5) is 4.53. The minimum Gasteiger partial charge on any atom is -0.277 e. The Hall–Kier alpha value is -2.39. The molecule has 0 saturated carbocycles. The molecule has 3 nitrogen and oxygen atoms in total. The Balaban J connectivity index is 1.84. The van der Waals surface area contributed by atoms with Crippen molar-refractivity contribution in [3.63, 3.8) is 0 Å². The largest absolute Gasteiger partial charge is 0.277 e. The minimum absolute atomic E-state index is 0.719. The van der Waals surface area contributed by atoms with Crippen LogP contribution < -0.4 is 0 Å². The van der Waals surface area contributed by atoms with E-state index in [9.17, 15) is 0 Å². The molecule has 1 aliphatic rings. The number of benzene rings is 1. The Morgan fingerprint density at radius 2 is 2.05 bits per heavy atom. The zero-order chi connectivity index (χ0) is 14.9. The van der Waals surface area contributed by atoms with E-state index in [0.717, 1.165) is 45.6 Å². The molecule has 108 valence electrons. The summed E-state index contributed by atoms with van der Waals surface area (Å²) in [6.07, 6.45) is 12.5. The van der Waals surface area contributed by atoms with Crippen LogP contribution in [0, 0.1) is 0 Å². The number of aromatic amines is 1. The third-order valence-corrected chi connectivity index (χ3v) is 4.11. The van der Waals surface area contributed by atoms with Gasteiger partial charge in [-0.05, 0) is 42.7 Å². The van der Waals surface area contributed by atoms with Gasteiger partial charge in [0.25, 0.3) is 0 Å². The lowest BCUT2D eigenvalue weighted by molar-refractivity contribution is 1.03. The third-order valence-electron chi connectivity index (χ3n) is 3.88. The number of H-pyrrole nitrogens is 1. The summed E-state index contributed by atoms with van der Waals surface area (Å²) in [5, 5.41) is 9.08. The zero-order valence-electron chi connectivity index (χ0n) is 11.9. The topological polar surface area (TPSA) is 41.6 Å². The van der Waals surface area contributed by atoms with E-state index in [1.807, 2.05) is 30.6 Å². The van der Waals surface area contributed by atoms with Crippen LogP contribution in [0.4, 0.5) is 0 Å². The molecule has 2 heterocycles. The molecule has 0 spiro atoms. The average Bonchev–Trinajstić information content (AvgIpc) is 3.04. The first-order valence-electron chi connectivity index (χ1n) is 7.27. The van der Waals surface area contributed by atoms with Crippen LogP contribution in [0.25, 0.3) is 27.6 Å².